The van der Waals surface area contributed by atoms with Crippen molar-refractivity contribution in [1.29, 1.82) is 0 Å². The van der Waals surface area contributed by atoms with Crippen LogP contribution in [-0.4, -0.2) is 55.2 Å². The monoisotopic (exact) mass is 316 g/mol. The number of terminal acetylenes is 1. The molecule has 2 heterocycles. The quantitative estimate of drug-likeness (QED) is 0.362. The van der Waals surface area contributed by atoms with E-state index in [0.717, 1.165) is 16.8 Å². The number of ether oxygens (including phenoxy) is 1. The van der Waals surface area contributed by atoms with Gasteiger partial charge in [-0.15, -0.1) is 18.0 Å². The number of alkyl halides is 1. The Morgan fingerprint density at radius 2 is 2.14 bits per heavy atom. The van der Waals surface area contributed by atoms with Gasteiger partial charge in [0.25, 0.3) is 5.56 Å². The summed E-state index contributed by atoms with van der Waals surface area (Å²) < 4.78 is 6.19. The van der Waals surface area contributed by atoms with E-state index in [4.69, 9.17) is 22.8 Å². The molecule has 1 aromatic rings. The number of aliphatic hydroxyl groups excluding tert-OH is 3. The second-order valence-electron chi connectivity index (χ2n) is 4.67. The van der Waals surface area contributed by atoms with Crippen molar-refractivity contribution in [3.63, 3.8) is 0 Å². The SMILES string of the molecule is C#C[C@]1(n2ccc(=O)[nH]c2=O)O[C@@](CO)(CCl)[C@@H](O)[C@H]1O. The predicted molar refractivity (Wildman–Crippen MR) is 71.8 cm³/mol. The predicted octanol–water partition coefficient (Wildman–Crippen LogP) is -2.46. The molecule has 21 heavy (non-hydrogen) atoms. The summed E-state index contributed by atoms with van der Waals surface area (Å²) in [7, 11) is 0. The number of halogens is 1. The first-order chi connectivity index (χ1) is 9.86. The molecule has 4 N–H and O–H groups in total. The average molecular weight is 317 g/mol. The molecular formula is C12H13ClN2O6. The lowest BCUT2D eigenvalue weighted by molar-refractivity contribution is -0.150. The van der Waals surface area contributed by atoms with Crippen molar-refractivity contribution >= 4 is 11.6 Å². The van der Waals surface area contributed by atoms with E-state index >= 15 is 0 Å². The standard InChI is InChI=1S/C12H13ClN2O6/c1-2-12(15-4-3-7(17)14-10(15)20)9(19)8(18)11(5-13,6-16)21-12/h1,3-4,8-9,16,18-19H,5-6H2,(H,14,17,20)/t8-,9+,11+,12-/m0/s1. The second kappa shape index (κ2) is 5.29. The number of hydrogen-bond donors (Lipinski definition) is 4. The first-order valence-corrected chi connectivity index (χ1v) is 6.43. The molecule has 1 aliphatic rings. The third kappa shape index (κ3) is 2.10. The summed E-state index contributed by atoms with van der Waals surface area (Å²) in [5, 5.41) is 29.7. The smallest absolute Gasteiger partial charge is 0.331 e. The zero-order valence-electron chi connectivity index (χ0n) is 10.7. The molecule has 9 heteroatoms. The number of aromatic nitrogens is 2. The minimum atomic E-state index is -2.10. The van der Waals surface area contributed by atoms with Crippen LogP contribution in [0.15, 0.2) is 21.9 Å². The number of rotatable bonds is 3. The molecule has 0 radical (unpaired) electrons. The molecule has 2 rings (SSSR count). The van der Waals surface area contributed by atoms with Gasteiger partial charge in [0.15, 0.2) is 0 Å². The Bertz CT molecular complexity index is 688. The van der Waals surface area contributed by atoms with Gasteiger partial charge in [0.05, 0.1) is 12.5 Å². The van der Waals surface area contributed by atoms with Crippen LogP contribution >= 0.6 is 11.6 Å². The van der Waals surface area contributed by atoms with E-state index in [2.05, 4.69) is 5.92 Å². The molecule has 0 unspecified atom stereocenters. The number of H-pyrrole nitrogens is 1. The van der Waals surface area contributed by atoms with E-state index in [1.54, 1.807) is 0 Å². The highest BCUT2D eigenvalue weighted by Gasteiger charge is 2.62. The van der Waals surface area contributed by atoms with Crippen LogP contribution in [0.4, 0.5) is 0 Å². The van der Waals surface area contributed by atoms with Gasteiger partial charge in [-0.05, 0) is 5.92 Å². The minimum Gasteiger partial charge on any atom is -0.393 e. The highest BCUT2D eigenvalue weighted by molar-refractivity contribution is 6.18. The molecular weight excluding hydrogens is 304 g/mol. The summed E-state index contributed by atoms with van der Waals surface area (Å²) >= 11 is 5.69. The fourth-order valence-electron chi connectivity index (χ4n) is 2.26. The first kappa shape index (κ1) is 15.8. The van der Waals surface area contributed by atoms with Crippen LogP contribution in [0.2, 0.25) is 0 Å². The van der Waals surface area contributed by atoms with E-state index in [1.807, 2.05) is 4.98 Å². The van der Waals surface area contributed by atoms with Crippen LogP contribution in [0.25, 0.3) is 0 Å². The topological polar surface area (TPSA) is 125 Å². The second-order valence-corrected chi connectivity index (χ2v) is 4.94. The summed E-state index contributed by atoms with van der Waals surface area (Å²) in [5.74, 6) is 1.72. The number of nitrogens with zero attached hydrogens (tertiary/aromatic N) is 1. The molecule has 1 aromatic heterocycles. The normalized spacial score (nSPS) is 35.6. The summed E-state index contributed by atoms with van der Waals surface area (Å²) in [6.45, 7) is -0.726. The van der Waals surface area contributed by atoms with Crippen molar-refractivity contribution in [3.8, 4) is 12.3 Å². The maximum Gasteiger partial charge on any atom is 0.331 e. The van der Waals surface area contributed by atoms with Crippen molar-refractivity contribution in [2.24, 2.45) is 0 Å². The maximum atomic E-state index is 11.9. The highest BCUT2D eigenvalue weighted by atomic mass is 35.5. The van der Waals surface area contributed by atoms with Crippen LogP contribution in [0.3, 0.4) is 0 Å². The van der Waals surface area contributed by atoms with Gasteiger partial charge < -0.3 is 20.1 Å². The van der Waals surface area contributed by atoms with Gasteiger partial charge in [-0.3, -0.25) is 14.3 Å². The van der Waals surface area contributed by atoms with Crippen molar-refractivity contribution in [2.75, 3.05) is 12.5 Å². The molecule has 4 atom stereocenters. The van der Waals surface area contributed by atoms with Crippen molar-refractivity contribution < 1.29 is 20.1 Å². The van der Waals surface area contributed by atoms with E-state index in [0.29, 0.717) is 0 Å². The Hall–Kier alpha value is -1.63. The molecule has 0 bridgehead atoms. The lowest BCUT2D eigenvalue weighted by Crippen LogP contribution is -2.50. The van der Waals surface area contributed by atoms with Gasteiger partial charge in [-0.25, -0.2) is 4.79 Å². The fraction of sp³-hybridized carbons (Fsp3) is 0.500. The van der Waals surface area contributed by atoms with E-state index in [9.17, 15) is 24.9 Å². The van der Waals surface area contributed by atoms with Gasteiger partial charge >= 0.3 is 5.69 Å². The number of aromatic amines is 1. The molecule has 114 valence electrons. The Kier molecular flexibility index (Phi) is 3.97. The van der Waals surface area contributed by atoms with Crippen LogP contribution in [-0.2, 0) is 10.5 Å². The van der Waals surface area contributed by atoms with E-state index in [-0.39, 0.29) is 5.88 Å². The lowest BCUT2D eigenvalue weighted by atomic mass is 9.95. The Morgan fingerprint density at radius 1 is 1.48 bits per heavy atom. The van der Waals surface area contributed by atoms with Gasteiger partial charge in [0.1, 0.15) is 17.8 Å². The third-order valence-electron chi connectivity index (χ3n) is 3.48. The van der Waals surface area contributed by atoms with E-state index < -0.39 is 41.4 Å². The summed E-state index contributed by atoms with van der Waals surface area (Å²) in [5.41, 5.74) is -5.43. The first-order valence-electron chi connectivity index (χ1n) is 5.90. The third-order valence-corrected chi connectivity index (χ3v) is 3.93. The van der Waals surface area contributed by atoms with Crippen LogP contribution < -0.4 is 11.2 Å². The zero-order valence-corrected chi connectivity index (χ0v) is 11.4. The summed E-state index contributed by atoms with van der Waals surface area (Å²) in [4.78, 5) is 24.9. The van der Waals surface area contributed by atoms with Crippen molar-refractivity contribution in [2.45, 2.75) is 23.5 Å². The Labute approximate surface area is 123 Å². The Morgan fingerprint density at radius 3 is 2.57 bits per heavy atom. The number of aliphatic hydroxyl groups is 3. The van der Waals surface area contributed by atoms with Gasteiger partial charge in [-0.1, -0.05) is 0 Å². The minimum absolute atomic E-state index is 0.372. The molecule has 0 aliphatic carbocycles. The number of hydrogen-bond acceptors (Lipinski definition) is 6. The molecule has 8 nitrogen and oxygen atoms in total. The molecule has 0 amide bonds. The summed E-state index contributed by atoms with van der Waals surface area (Å²) in [6.07, 6.45) is 3.03. The van der Waals surface area contributed by atoms with Crippen molar-refractivity contribution in [1.82, 2.24) is 9.55 Å². The molecule has 0 aromatic carbocycles. The van der Waals surface area contributed by atoms with Gasteiger partial charge in [-0.2, -0.15) is 0 Å². The molecule has 1 saturated heterocycles. The van der Waals surface area contributed by atoms with Gasteiger partial charge in [0, 0.05) is 12.3 Å². The Balaban J connectivity index is 2.66. The molecule has 1 aliphatic heterocycles. The molecule has 0 saturated carbocycles. The molecule has 0 spiro atoms. The van der Waals surface area contributed by atoms with E-state index in [1.165, 1.54) is 0 Å². The van der Waals surface area contributed by atoms with Gasteiger partial charge in [0.2, 0.25) is 5.72 Å². The zero-order chi connectivity index (χ0) is 15.8. The lowest BCUT2D eigenvalue weighted by Gasteiger charge is -2.30. The maximum absolute atomic E-state index is 11.9. The van der Waals surface area contributed by atoms with Crippen molar-refractivity contribution in [3.05, 3.63) is 33.1 Å². The summed E-state index contributed by atoms with van der Waals surface area (Å²) in [6, 6.07) is 1.00. The van der Waals surface area contributed by atoms with Crippen LogP contribution in [0.5, 0.6) is 0 Å². The van der Waals surface area contributed by atoms with Crippen LogP contribution in [0.1, 0.15) is 0 Å². The molecule has 1 fully saturated rings. The highest BCUT2D eigenvalue weighted by Crippen LogP contribution is 2.41. The number of nitrogens with one attached hydrogen (secondary N) is 1. The average Bonchev–Trinajstić information content (AvgIpc) is 2.70. The largest absolute Gasteiger partial charge is 0.393 e. The van der Waals surface area contributed by atoms with Crippen LogP contribution in [0, 0.1) is 12.3 Å². The fourth-order valence-corrected chi connectivity index (χ4v) is 2.56.